The lowest BCUT2D eigenvalue weighted by molar-refractivity contribution is -0.121. The molecule has 0 saturated carbocycles. The second kappa shape index (κ2) is 8.70. The fraction of sp³-hybridized carbons (Fsp3) is 0.211. The first-order chi connectivity index (χ1) is 12.8. The fourth-order valence-corrected chi connectivity index (χ4v) is 2.30. The van der Waals surface area contributed by atoms with Crippen molar-refractivity contribution in [3.63, 3.8) is 0 Å². The quantitative estimate of drug-likeness (QED) is 0.719. The molecule has 0 atom stereocenters. The van der Waals surface area contributed by atoms with Crippen LogP contribution in [0.1, 0.15) is 21.5 Å². The minimum atomic E-state index is -0.725. The van der Waals surface area contributed by atoms with Crippen molar-refractivity contribution < 1.29 is 23.9 Å². The summed E-state index contributed by atoms with van der Waals surface area (Å²) in [7, 11) is 1.45. The van der Waals surface area contributed by atoms with Crippen molar-refractivity contribution in [3.05, 3.63) is 53.1 Å². The molecule has 0 aliphatic rings. The lowest BCUT2D eigenvalue weighted by Gasteiger charge is -2.12. The van der Waals surface area contributed by atoms with Gasteiger partial charge in [0, 0.05) is 5.69 Å². The van der Waals surface area contributed by atoms with Gasteiger partial charge in [0.25, 0.3) is 11.8 Å². The average molecular weight is 371 g/mol. The number of carbonyl (C=O) groups is 3. The Balaban J connectivity index is 1.95. The van der Waals surface area contributed by atoms with Crippen LogP contribution in [0, 0.1) is 13.8 Å². The molecule has 0 aromatic heterocycles. The standard InChI is InChI=1S/C19H21N3O5/c1-11-5-4-6-15(12(11)2)21-19(25)22-17(23)10-27-16-8-7-13(26-3)9-14(16)18(20)24/h4-9H,10H2,1-3H3,(H2,20,24)(H2,21,22,23,25). The Morgan fingerprint density at radius 2 is 1.85 bits per heavy atom. The number of nitrogens with two attached hydrogens (primary N) is 1. The molecule has 142 valence electrons. The molecule has 0 aliphatic heterocycles. The monoisotopic (exact) mass is 371 g/mol. The van der Waals surface area contributed by atoms with Gasteiger partial charge in [0.2, 0.25) is 0 Å². The van der Waals surface area contributed by atoms with Gasteiger partial charge in [-0.3, -0.25) is 14.9 Å². The molecule has 2 aromatic rings. The number of carbonyl (C=O) groups excluding carboxylic acids is 3. The molecule has 27 heavy (non-hydrogen) atoms. The van der Waals surface area contributed by atoms with Crippen LogP contribution in [0.15, 0.2) is 36.4 Å². The Bertz CT molecular complexity index is 880. The summed E-state index contributed by atoms with van der Waals surface area (Å²) in [5.74, 6) is -0.858. The van der Waals surface area contributed by atoms with E-state index in [2.05, 4.69) is 10.6 Å². The van der Waals surface area contributed by atoms with Crippen LogP contribution < -0.4 is 25.8 Å². The zero-order chi connectivity index (χ0) is 20.0. The van der Waals surface area contributed by atoms with Crippen molar-refractivity contribution in [2.45, 2.75) is 13.8 Å². The normalized spacial score (nSPS) is 10.0. The number of imide groups is 1. The molecular formula is C19H21N3O5. The van der Waals surface area contributed by atoms with E-state index < -0.39 is 24.5 Å². The Morgan fingerprint density at radius 3 is 2.52 bits per heavy atom. The largest absolute Gasteiger partial charge is 0.497 e. The second-order valence-electron chi connectivity index (χ2n) is 5.76. The minimum Gasteiger partial charge on any atom is -0.497 e. The number of hydrogen-bond acceptors (Lipinski definition) is 5. The van der Waals surface area contributed by atoms with Gasteiger partial charge in [-0.1, -0.05) is 12.1 Å². The van der Waals surface area contributed by atoms with Crippen LogP contribution in [0.25, 0.3) is 0 Å². The van der Waals surface area contributed by atoms with E-state index in [0.717, 1.165) is 11.1 Å². The minimum absolute atomic E-state index is 0.0713. The third-order valence-corrected chi connectivity index (χ3v) is 3.92. The highest BCUT2D eigenvalue weighted by atomic mass is 16.5. The van der Waals surface area contributed by atoms with Gasteiger partial charge in [-0.2, -0.15) is 0 Å². The summed E-state index contributed by atoms with van der Waals surface area (Å²) in [5.41, 5.74) is 7.89. The maximum Gasteiger partial charge on any atom is 0.325 e. The summed E-state index contributed by atoms with van der Waals surface area (Å²) in [6, 6.07) is 9.21. The molecule has 0 radical (unpaired) electrons. The van der Waals surface area contributed by atoms with Crippen molar-refractivity contribution in [1.82, 2.24) is 5.32 Å². The van der Waals surface area contributed by atoms with Gasteiger partial charge < -0.3 is 20.5 Å². The van der Waals surface area contributed by atoms with Crippen molar-refractivity contribution in [1.29, 1.82) is 0 Å². The van der Waals surface area contributed by atoms with Crippen molar-refractivity contribution in [2.24, 2.45) is 5.73 Å². The Morgan fingerprint density at radius 1 is 1.11 bits per heavy atom. The van der Waals surface area contributed by atoms with E-state index in [-0.39, 0.29) is 11.3 Å². The van der Waals surface area contributed by atoms with Gasteiger partial charge >= 0.3 is 6.03 Å². The Kier molecular flexibility index (Phi) is 6.37. The molecule has 4 N–H and O–H groups in total. The predicted molar refractivity (Wildman–Crippen MR) is 100 cm³/mol. The second-order valence-corrected chi connectivity index (χ2v) is 5.76. The molecule has 8 nitrogen and oxygen atoms in total. The molecule has 4 amide bonds. The van der Waals surface area contributed by atoms with Gasteiger partial charge in [-0.05, 0) is 49.2 Å². The highest BCUT2D eigenvalue weighted by molar-refractivity contribution is 6.02. The van der Waals surface area contributed by atoms with Crippen LogP contribution >= 0.6 is 0 Å². The van der Waals surface area contributed by atoms with Crippen LogP contribution in [-0.2, 0) is 4.79 Å². The lowest BCUT2D eigenvalue weighted by Crippen LogP contribution is -2.37. The lowest BCUT2D eigenvalue weighted by atomic mass is 10.1. The maximum atomic E-state index is 12.0. The summed E-state index contributed by atoms with van der Waals surface area (Å²) in [5, 5.41) is 4.77. The number of ether oxygens (including phenoxy) is 2. The van der Waals surface area contributed by atoms with E-state index in [9.17, 15) is 14.4 Å². The summed E-state index contributed by atoms with van der Waals surface area (Å²) in [4.78, 5) is 35.4. The zero-order valence-electron chi connectivity index (χ0n) is 15.3. The van der Waals surface area contributed by atoms with E-state index in [1.165, 1.54) is 19.2 Å². The molecule has 0 unspecified atom stereocenters. The number of amides is 4. The summed E-state index contributed by atoms with van der Waals surface area (Å²) < 4.78 is 10.3. The van der Waals surface area contributed by atoms with Crippen LogP contribution in [0.3, 0.4) is 0 Å². The van der Waals surface area contributed by atoms with E-state index in [4.69, 9.17) is 15.2 Å². The van der Waals surface area contributed by atoms with Crippen molar-refractivity contribution in [2.75, 3.05) is 19.0 Å². The number of nitrogens with one attached hydrogen (secondary N) is 2. The van der Waals surface area contributed by atoms with E-state index in [0.29, 0.717) is 11.4 Å². The first-order valence-electron chi connectivity index (χ1n) is 8.09. The number of primary amides is 1. The van der Waals surface area contributed by atoms with Crippen LogP contribution in [0.4, 0.5) is 10.5 Å². The molecule has 2 aromatic carbocycles. The van der Waals surface area contributed by atoms with Gasteiger partial charge in [-0.25, -0.2) is 4.79 Å². The SMILES string of the molecule is COc1ccc(OCC(=O)NC(=O)Nc2cccc(C)c2C)c(C(N)=O)c1. The molecule has 0 bridgehead atoms. The third kappa shape index (κ3) is 5.21. The van der Waals surface area contributed by atoms with Crippen molar-refractivity contribution in [3.8, 4) is 11.5 Å². The van der Waals surface area contributed by atoms with Crippen LogP contribution in [-0.4, -0.2) is 31.6 Å². The van der Waals surface area contributed by atoms with Crippen molar-refractivity contribution >= 4 is 23.5 Å². The molecule has 0 fully saturated rings. The smallest absolute Gasteiger partial charge is 0.325 e. The van der Waals surface area contributed by atoms with Gasteiger partial charge in [0.05, 0.1) is 12.7 Å². The predicted octanol–water partition coefficient (Wildman–Crippen LogP) is 2.14. The summed E-state index contributed by atoms with van der Waals surface area (Å²) in [6.07, 6.45) is 0. The molecule has 0 aliphatic carbocycles. The Hall–Kier alpha value is -3.55. The number of anilines is 1. The summed E-state index contributed by atoms with van der Waals surface area (Å²) >= 11 is 0. The van der Waals surface area contributed by atoms with E-state index in [1.807, 2.05) is 19.9 Å². The zero-order valence-corrected chi connectivity index (χ0v) is 15.3. The highest BCUT2D eigenvalue weighted by Gasteiger charge is 2.14. The molecule has 8 heteroatoms. The molecule has 0 saturated heterocycles. The number of hydrogen-bond donors (Lipinski definition) is 3. The highest BCUT2D eigenvalue weighted by Crippen LogP contribution is 2.23. The Labute approximate surface area is 156 Å². The van der Waals surface area contributed by atoms with E-state index >= 15 is 0 Å². The van der Waals surface area contributed by atoms with Crippen LogP contribution in [0.5, 0.6) is 11.5 Å². The van der Waals surface area contributed by atoms with E-state index in [1.54, 1.807) is 18.2 Å². The number of methoxy groups -OCH3 is 1. The number of urea groups is 1. The fourth-order valence-electron chi connectivity index (χ4n) is 2.30. The van der Waals surface area contributed by atoms with Gasteiger partial charge in [0.1, 0.15) is 11.5 Å². The first kappa shape index (κ1) is 19.8. The number of benzene rings is 2. The van der Waals surface area contributed by atoms with Gasteiger partial charge in [-0.15, -0.1) is 0 Å². The third-order valence-electron chi connectivity index (χ3n) is 3.92. The molecule has 0 heterocycles. The topological polar surface area (TPSA) is 120 Å². The van der Waals surface area contributed by atoms with Gasteiger partial charge in [0.15, 0.2) is 6.61 Å². The maximum absolute atomic E-state index is 12.0. The first-order valence-corrected chi connectivity index (χ1v) is 8.09. The molecular weight excluding hydrogens is 350 g/mol. The van der Waals surface area contributed by atoms with Crippen LogP contribution in [0.2, 0.25) is 0 Å². The summed E-state index contributed by atoms with van der Waals surface area (Å²) in [6.45, 7) is 3.32. The number of aryl methyl sites for hydroxylation is 1. The average Bonchev–Trinajstić information content (AvgIpc) is 2.63. The molecule has 0 spiro atoms. The molecule has 2 rings (SSSR count). The number of rotatable bonds is 6.